The van der Waals surface area contributed by atoms with Gasteiger partial charge in [-0.2, -0.15) is 13.2 Å². The van der Waals surface area contributed by atoms with Crippen LogP contribution in [0.15, 0.2) is 66.7 Å². The molecule has 1 aromatic heterocycles. The molecule has 0 spiro atoms. The van der Waals surface area contributed by atoms with E-state index in [-0.39, 0.29) is 5.82 Å². The number of nitrogens with zero attached hydrogens (tertiary/aromatic N) is 4. The van der Waals surface area contributed by atoms with Gasteiger partial charge in [-0.25, -0.2) is 14.2 Å². The number of piperazine rings is 1. The van der Waals surface area contributed by atoms with Crippen LogP contribution in [0.5, 0.6) is 0 Å². The zero-order valence-corrected chi connectivity index (χ0v) is 24.7. The van der Waals surface area contributed by atoms with E-state index >= 15 is 0 Å². The van der Waals surface area contributed by atoms with Crippen LogP contribution in [0.4, 0.5) is 17.6 Å². The number of hydrogen-bond acceptors (Lipinski definition) is 5. The number of aliphatic carboxylic acids is 1. The summed E-state index contributed by atoms with van der Waals surface area (Å²) in [6.07, 6.45) is -2.35. The van der Waals surface area contributed by atoms with Crippen LogP contribution in [0.1, 0.15) is 18.4 Å². The number of likely N-dealkylation sites (tertiary alicyclic amines) is 1. The Balaban J connectivity index is 0.000000493. The number of fused-ring (bicyclic) bond motifs is 1. The molecule has 2 N–H and O–H groups in total. The minimum Gasteiger partial charge on any atom is -0.475 e. The zero-order chi connectivity index (χ0) is 31.3. The van der Waals surface area contributed by atoms with Gasteiger partial charge in [0.2, 0.25) is 0 Å². The van der Waals surface area contributed by atoms with Crippen molar-refractivity contribution < 1.29 is 27.5 Å². The molecular formula is C33H37F4N5O2. The highest BCUT2D eigenvalue weighted by molar-refractivity contribution is 5.80. The highest BCUT2D eigenvalue weighted by Crippen LogP contribution is 2.27. The number of piperidine rings is 1. The number of halogens is 4. The Hall–Kier alpha value is -3.80. The van der Waals surface area contributed by atoms with Crippen LogP contribution in [0.25, 0.3) is 33.5 Å². The number of rotatable bonds is 6. The lowest BCUT2D eigenvalue weighted by Gasteiger charge is -2.38. The van der Waals surface area contributed by atoms with Crippen LogP contribution in [-0.2, 0) is 11.3 Å². The van der Waals surface area contributed by atoms with Crippen LogP contribution < -0.4 is 0 Å². The summed E-state index contributed by atoms with van der Waals surface area (Å²) in [7, 11) is 2.26. The number of H-pyrrole nitrogens is 1. The number of carboxylic acid groups (broad SMARTS) is 1. The molecule has 44 heavy (non-hydrogen) atoms. The molecule has 0 aliphatic carbocycles. The molecule has 1 atom stereocenters. The number of carboxylic acids is 1. The maximum Gasteiger partial charge on any atom is 0.490 e. The van der Waals surface area contributed by atoms with Crippen molar-refractivity contribution in [1.82, 2.24) is 24.7 Å². The lowest BCUT2D eigenvalue weighted by molar-refractivity contribution is -0.192. The second kappa shape index (κ2) is 13.9. The smallest absolute Gasteiger partial charge is 0.475 e. The predicted molar refractivity (Wildman–Crippen MR) is 163 cm³/mol. The average Bonchev–Trinajstić information content (AvgIpc) is 3.42. The number of hydrogen-bond donors (Lipinski definition) is 2. The fourth-order valence-electron chi connectivity index (χ4n) is 5.94. The van der Waals surface area contributed by atoms with Gasteiger partial charge in [0, 0.05) is 51.4 Å². The van der Waals surface area contributed by atoms with Gasteiger partial charge in [-0.15, -0.1) is 0 Å². The topological polar surface area (TPSA) is 75.7 Å². The van der Waals surface area contributed by atoms with Crippen molar-refractivity contribution in [2.24, 2.45) is 5.92 Å². The molecule has 4 aromatic rings. The SMILES string of the molecule is CN1CCCC(CN2CCN(Cc3ccc(-c4cccc(-c5nc6ccc(F)cc6[nH]5)c4)cc3)CC2)C1.O=C(O)C(F)(F)F. The van der Waals surface area contributed by atoms with E-state index in [4.69, 9.17) is 9.90 Å². The van der Waals surface area contributed by atoms with Crippen molar-refractivity contribution in [2.75, 3.05) is 52.9 Å². The monoisotopic (exact) mass is 611 g/mol. The van der Waals surface area contributed by atoms with E-state index in [1.165, 1.54) is 68.8 Å². The highest BCUT2D eigenvalue weighted by Gasteiger charge is 2.38. The van der Waals surface area contributed by atoms with E-state index in [0.717, 1.165) is 48.0 Å². The molecule has 6 rings (SSSR count). The van der Waals surface area contributed by atoms with Crippen LogP contribution in [0, 0.1) is 11.7 Å². The molecule has 3 aromatic carbocycles. The lowest BCUT2D eigenvalue weighted by Crippen LogP contribution is -2.48. The first kappa shape index (κ1) is 31.6. The van der Waals surface area contributed by atoms with Gasteiger partial charge in [-0.3, -0.25) is 4.90 Å². The third-order valence-corrected chi connectivity index (χ3v) is 8.22. The summed E-state index contributed by atoms with van der Waals surface area (Å²) in [5.74, 6) is -1.42. The van der Waals surface area contributed by atoms with Gasteiger partial charge in [0.1, 0.15) is 11.6 Å². The van der Waals surface area contributed by atoms with Gasteiger partial charge < -0.3 is 19.9 Å². The fraction of sp³-hybridized carbons (Fsp3) is 0.394. The second-order valence-corrected chi connectivity index (χ2v) is 11.7. The molecule has 2 fully saturated rings. The van der Waals surface area contributed by atoms with Gasteiger partial charge in [0.05, 0.1) is 11.0 Å². The maximum absolute atomic E-state index is 13.6. The third-order valence-electron chi connectivity index (χ3n) is 8.22. The molecule has 234 valence electrons. The molecule has 0 amide bonds. The van der Waals surface area contributed by atoms with E-state index in [2.05, 4.69) is 74.2 Å². The van der Waals surface area contributed by atoms with Crippen LogP contribution in [0.3, 0.4) is 0 Å². The number of nitrogens with one attached hydrogen (secondary N) is 1. The normalized spacial score (nSPS) is 18.6. The number of alkyl halides is 3. The molecule has 1 unspecified atom stereocenters. The number of benzene rings is 3. The minimum absolute atomic E-state index is 0.258. The van der Waals surface area contributed by atoms with Crippen LogP contribution in [-0.4, -0.2) is 94.8 Å². The molecule has 0 bridgehead atoms. The van der Waals surface area contributed by atoms with Gasteiger partial charge in [-0.1, -0.05) is 42.5 Å². The first-order chi connectivity index (χ1) is 21.0. The van der Waals surface area contributed by atoms with E-state index in [1.807, 2.05) is 6.07 Å². The van der Waals surface area contributed by atoms with Crippen LogP contribution >= 0.6 is 0 Å². The van der Waals surface area contributed by atoms with Gasteiger partial charge in [-0.05, 0) is 73.3 Å². The Morgan fingerprint density at radius 3 is 2.30 bits per heavy atom. The average molecular weight is 612 g/mol. The Kier molecular flexibility index (Phi) is 9.97. The quantitative estimate of drug-likeness (QED) is 0.256. The summed E-state index contributed by atoms with van der Waals surface area (Å²) in [4.78, 5) is 24.5. The van der Waals surface area contributed by atoms with Crippen molar-refractivity contribution in [1.29, 1.82) is 0 Å². The van der Waals surface area contributed by atoms with Crippen molar-refractivity contribution in [3.05, 3.63) is 78.1 Å². The van der Waals surface area contributed by atoms with E-state index < -0.39 is 12.1 Å². The Bertz CT molecular complexity index is 1550. The maximum atomic E-state index is 13.6. The van der Waals surface area contributed by atoms with E-state index in [9.17, 15) is 17.6 Å². The molecule has 0 saturated carbocycles. The molecule has 3 heterocycles. The number of imidazole rings is 1. The highest BCUT2D eigenvalue weighted by atomic mass is 19.4. The van der Waals surface area contributed by atoms with Gasteiger partial charge in [0.25, 0.3) is 0 Å². The first-order valence-electron chi connectivity index (χ1n) is 14.8. The summed E-state index contributed by atoms with van der Waals surface area (Å²) in [6.45, 7) is 9.44. The molecular weight excluding hydrogens is 574 g/mol. The Morgan fingerprint density at radius 2 is 1.61 bits per heavy atom. The number of carbonyl (C=O) groups is 1. The van der Waals surface area contributed by atoms with E-state index in [0.29, 0.717) is 5.52 Å². The lowest BCUT2D eigenvalue weighted by atomic mass is 9.97. The summed E-state index contributed by atoms with van der Waals surface area (Å²) in [6, 6.07) is 22.0. The fourth-order valence-corrected chi connectivity index (χ4v) is 5.94. The molecule has 2 saturated heterocycles. The van der Waals surface area contributed by atoms with E-state index in [1.54, 1.807) is 6.07 Å². The number of aromatic amines is 1. The first-order valence-corrected chi connectivity index (χ1v) is 14.8. The minimum atomic E-state index is -5.08. The summed E-state index contributed by atoms with van der Waals surface area (Å²) >= 11 is 0. The van der Waals surface area contributed by atoms with Crippen molar-refractivity contribution in [2.45, 2.75) is 25.6 Å². The molecule has 11 heteroatoms. The standard InChI is InChI=1S/C31H36FN5.C2HF3O2/c1-35-13-3-4-24(20-35)22-37-16-14-36(15-17-37)21-23-7-9-25(10-8-23)26-5-2-6-27(18-26)31-33-29-12-11-28(32)19-30(29)34-31;3-2(4,5)1(6)7/h2,5-12,18-19,24H,3-4,13-17,20-22H2,1H3,(H,33,34);(H,6,7). The second-order valence-electron chi connectivity index (χ2n) is 11.7. The van der Waals surface area contributed by atoms with Crippen molar-refractivity contribution in [3.63, 3.8) is 0 Å². The molecule has 2 aliphatic rings. The largest absolute Gasteiger partial charge is 0.490 e. The van der Waals surface area contributed by atoms with Gasteiger partial charge >= 0.3 is 12.1 Å². The number of aromatic nitrogens is 2. The summed E-state index contributed by atoms with van der Waals surface area (Å²) in [5, 5.41) is 7.12. The van der Waals surface area contributed by atoms with Crippen molar-refractivity contribution in [3.8, 4) is 22.5 Å². The van der Waals surface area contributed by atoms with Crippen LogP contribution in [0.2, 0.25) is 0 Å². The Labute approximate surface area is 254 Å². The van der Waals surface area contributed by atoms with Crippen molar-refractivity contribution >= 4 is 17.0 Å². The zero-order valence-electron chi connectivity index (χ0n) is 24.7. The predicted octanol–water partition coefficient (Wildman–Crippen LogP) is 6.13. The van der Waals surface area contributed by atoms with Gasteiger partial charge in [0.15, 0.2) is 0 Å². The Morgan fingerprint density at radius 1 is 0.932 bits per heavy atom. The third kappa shape index (κ3) is 8.43. The molecule has 7 nitrogen and oxygen atoms in total. The molecule has 2 aliphatic heterocycles. The molecule has 0 radical (unpaired) electrons. The summed E-state index contributed by atoms with van der Waals surface area (Å²) < 4.78 is 45.3. The summed E-state index contributed by atoms with van der Waals surface area (Å²) in [5.41, 5.74) is 6.19.